The molecule has 24 heavy (non-hydrogen) atoms. The Labute approximate surface area is 155 Å². The predicted molar refractivity (Wildman–Crippen MR) is 103 cm³/mol. The standard InChI is InChI=1S/C18H17IO4S/c1-13-16(19)10-5-11-17(13)24(21,22)12-6-8-14-7-3-4-9-15(14)18(20)23-2/h3-11H,12H2,1-2H3/b8-6+. The Balaban J connectivity index is 2.26. The van der Waals surface area contributed by atoms with E-state index < -0.39 is 15.8 Å². The summed E-state index contributed by atoms with van der Waals surface area (Å²) in [6, 6.07) is 12.1. The van der Waals surface area contributed by atoms with Gasteiger partial charge in [-0.15, -0.1) is 0 Å². The van der Waals surface area contributed by atoms with Crippen LogP contribution in [0.5, 0.6) is 0 Å². The zero-order valence-electron chi connectivity index (χ0n) is 13.3. The molecular formula is C18H17IO4S. The van der Waals surface area contributed by atoms with Crippen LogP contribution < -0.4 is 0 Å². The molecule has 0 fully saturated rings. The molecule has 126 valence electrons. The molecule has 0 aliphatic rings. The van der Waals surface area contributed by atoms with Crippen molar-refractivity contribution in [2.45, 2.75) is 11.8 Å². The Hall–Kier alpha value is -1.67. The quantitative estimate of drug-likeness (QED) is 0.507. The van der Waals surface area contributed by atoms with Crippen LogP contribution >= 0.6 is 22.6 Å². The van der Waals surface area contributed by atoms with Gasteiger partial charge in [-0.3, -0.25) is 0 Å². The number of hydrogen-bond acceptors (Lipinski definition) is 4. The number of ether oxygens (including phenoxy) is 1. The molecule has 0 aliphatic heterocycles. The minimum Gasteiger partial charge on any atom is -0.465 e. The van der Waals surface area contributed by atoms with E-state index in [1.807, 2.05) is 6.07 Å². The molecule has 0 N–H and O–H groups in total. The molecule has 0 aromatic heterocycles. The highest BCUT2D eigenvalue weighted by atomic mass is 127. The highest BCUT2D eigenvalue weighted by Gasteiger charge is 2.16. The number of halogens is 1. The van der Waals surface area contributed by atoms with Gasteiger partial charge in [0.25, 0.3) is 0 Å². The van der Waals surface area contributed by atoms with Gasteiger partial charge in [0, 0.05) is 3.57 Å². The van der Waals surface area contributed by atoms with Crippen molar-refractivity contribution in [2.75, 3.05) is 12.9 Å². The molecule has 0 saturated heterocycles. The van der Waals surface area contributed by atoms with Gasteiger partial charge in [0.15, 0.2) is 9.84 Å². The van der Waals surface area contributed by atoms with Crippen LogP contribution in [0.2, 0.25) is 0 Å². The molecule has 0 aliphatic carbocycles. The van der Waals surface area contributed by atoms with E-state index in [2.05, 4.69) is 22.6 Å². The molecule has 0 saturated carbocycles. The first-order chi connectivity index (χ1) is 11.4. The zero-order chi connectivity index (χ0) is 17.7. The van der Waals surface area contributed by atoms with Crippen LogP contribution in [-0.4, -0.2) is 27.2 Å². The fraction of sp³-hybridized carbons (Fsp3) is 0.167. The summed E-state index contributed by atoms with van der Waals surface area (Å²) in [6.45, 7) is 1.80. The number of methoxy groups -OCH3 is 1. The van der Waals surface area contributed by atoms with Crippen molar-refractivity contribution in [3.05, 3.63) is 68.8 Å². The third-order valence-corrected chi connectivity index (χ3v) is 6.44. The van der Waals surface area contributed by atoms with Gasteiger partial charge < -0.3 is 4.74 Å². The monoisotopic (exact) mass is 456 g/mol. The van der Waals surface area contributed by atoms with Gasteiger partial charge in [0.2, 0.25) is 0 Å². The summed E-state index contributed by atoms with van der Waals surface area (Å²) >= 11 is 2.12. The Kier molecular flexibility index (Phi) is 6.17. The molecule has 2 rings (SSSR count). The number of carbonyl (C=O) groups is 1. The number of rotatable bonds is 5. The summed E-state index contributed by atoms with van der Waals surface area (Å²) in [6.07, 6.45) is 3.18. The maximum Gasteiger partial charge on any atom is 0.338 e. The smallest absolute Gasteiger partial charge is 0.338 e. The Morgan fingerprint density at radius 2 is 1.88 bits per heavy atom. The van der Waals surface area contributed by atoms with E-state index in [4.69, 9.17) is 4.74 Å². The molecule has 0 unspecified atom stereocenters. The Morgan fingerprint density at radius 3 is 2.58 bits per heavy atom. The Bertz CT molecular complexity index is 886. The predicted octanol–water partition coefficient (Wildman–Crippen LogP) is 3.87. The van der Waals surface area contributed by atoms with Gasteiger partial charge in [-0.1, -0.05) is 36.4 Å². The van der Waals surface area contributed by atoms with Crippen LogP contribution in [0, 0.1) is 10.5 Å². The van der Waals surface area contributed by atoms with Crippen molar-refractivity contribution in [2.24, 2.45) is 0 Å². The van der Waals surface area contributed by atoms with Crippen LogP contribution in [0.25, 0.3) is 6.08 Å². The molecule has 0 atom stereocenters. The largest absolute Gasteiger partial charge is 0.465 e. The van der Waals surface area contributed by atoms with Crippen molar-refractivity contribution in [3.63, 3.8) is 0 Å². The average Bonchev–Trinajstić information content (AvgIpc) is 2.56. The average molecular weight is 456 g/mol. The molecule has 0 bridgehead atoms. The van der Waals surface area contributed by atoms with Crippen molar-refractivity contribution in [1.82, 2.24) is 0 Å². The van der Waals surface area contributed by atoms with Crippen molar-refractivity contribution >= 4 is 44.5 Å². The summed E-state index contributed by atoms with van der Waals surface area (Å²) in [5, 5.41) is 0. The van der Waals surface area contributed by atoms with Crippen molar-refractivity contribution in [3.8, 4) is 0 Å². The van der Waals surface area contributed by atoms with Crippen molar-refractivity contribution in [1.29, 1.82) is 0 Å². The van der Waals surface area contributed by atoms with E-state index in [1.165, 1.54) is 7.11 Å². The van der Waals surface area contributed by atoms with Crippen LogP contribution in [0.15, 0.2) is 53.4 Å². The second-order valence-electron chi connectivity index (χ2n) is 5.13. The van der Waals surface area contributed by atoms with Crippen LogP contribution in [0.3, 0.4) is 0 Å². The molecular weight excluding hydrogens is 439 g/mol. The van der Waals surface area contributed by atoms with E-state index in [9.17, 15) is 13.2 Å². The third kappa shape index (κ3) is 4.24. The number of carbonyl (C=O) groups excluding carboxylic acids is 1. The van der Waals surface area contributed by atoms with E-state index in [1.54, 1.807) is 55.5 Å². The molecule has 0 heterocycles. The maximum atomic E-state index is 12.5. The van der Waals surface area contributed by atoms with Gasteiger partial charge in [-0.05, 0) is 58.8 Å². The number of benzene rings is 2. The second-order valence-corrected chi connectivity index (χ2v) is 8.29. The topological polar surface area (TPSA) is 60.4 Å². The van der Waals surface area contributed by atoms with E-state index in [0.29, 0.717) is 16.0 Å². The highest BCUT2D eigenvalue weighted by Crippen LogP contribution is 2.22. The third-order valence-electron chi connectivity index (χ3n) is 3.53. The first-order valence-corrected chi connectivity index (χ1v) is 9.91. The van der Waals surface area contributed by atoms with Gasteiger partial charge in [-0.25, -0.2) is 13.2 Å². The molecule has 0 radical (unpaired) electrons. The Morgan fingerprint density at radius 1 is 1.17 bits per heavy atom. The van der Waals surface area contributed by atoms with Gasteiger partial charge in [0.05, 0.1) is 23.3 Å². The van der Waals surface area contributed by atoms with Crippen LogP contribution in [-0.2, 0) is 14.6 Å². The van der Waals surface area contributed by atoms with Gasteiger partial charge >= 0.3 is 5.97 Å². The summed E-state index contributed by atoms with van der Waals surface area (Å²) < 4.78 is 30.7. The number of sulfone groups is 1. The van der Waals surface area contributed by atoms with E-state index >= 15 is 0 Å². The summed E-state index contributed by atoms with van der Waals surface area (Å²) in [5.74, 6) is -0.588. The lowest BCUT2D eigenvalue weighted by Gasteiger charge is -2.07. The minimum absolute atomic E-state index is 0.135. The first-order valence-electron chi connectivity index (χ1n) is 7.18. The normalized spacial score (nSPS) is 11.6. The van der Waals surface area contributed by atoms with Gasteiger partial charge in [0.1, 0.15) is 0 Å². The fourth-order valence-corrected chi connectivity index (χ4v) is 4.33. The van der Waals surface area contributed by atoms with Gasteiger partial charge in [-0.2, -0.15) is 0 Å². The molecule has 0 amide bonds. The lowest BCUT2D eigenvalue weighted by atomic mass is 10.1. The highest BCUT2D eigenvalue weighted by molar-refractivity contribution is 14.1. The van der Waals surface area contributed by atoms with Crippen molar-refractivity contribution < 1.29 is 17.9 Å². The van der Waals surface area contributed by atoms with E-state index in [-0.39, 0.29) is 5.75 Å². The van der Waals surface area contributed by atoms with E-state index in [0.717, 1.165) is 9.13 Å². The molecule has 2 aromatic rings. The fourth-order valence-electron chi connectivity index (χ4n) is 2.25. The SMILES string of the molecule is COC(=O)c1ccccc1/C=C/CS(=O)(=O)c1cccc(I)c1C. The van der Waals surface area contributed by atoms with Crippen LogP contribution in [0.1, 0.15) is 21.5 Å². The number of esters is 1. The molecule has 4 nitrogen and oxygen atoms in total. The van der Waals surface area contributed by atoms with Crippen LogP contribution in [0.4, 0.5) is 0 Å². The lowest BCUT2D eigenvalue weighted by molar-refractivity contribution is 0.0600. The summed E-state index contributed by atoms with van der Waals surface area (Å²) in [4.78, 5) is 12.1. The minimum atomic E-state index is -3.43. The lowest BCUT2D eigenvalue weighted by Crippen LogP contribution is -2.07. The molecule has 6 heteroatoms. The summed E-state index contributed by atoms with van der Waals surface area (Å²) in [5.41, 5.74) is 1.78. The number of hydrogen-bond donors (Lipinski definition) is 0. The maximum absolute atomic E-state index is 12.5. The summed E-state index contributed by atoms with van der Waals surface area (Å²) in [7, 11) is -2.12. The second kappa shape index (κ2) is 7.94. The molecule has 0 spiro atoms. The first kappa shape index (κ1) is 18.7. The zero-order valence-corrected chi connectivity index (χ0v) is 16.3. The molecule has 2 aromatic carbocycles.